The van der Waals surface area contributed by atoms with Gasteiger partial charge in [-0.25, -0.2) is 0 Å². The summed E-state index contributed by atoms with van der Waals surface area (Å²) in [5, 5.41) is 12.2. The number of carboxylic acids is 1. The standard InChI is InChI=1S/C15H16N2O3/c18-14(17-8-9-2-1-5-16-7-9)12-10-3-4-11(6-10)13(12)15(19)20/h1-5,7,10-13H,6,8H2,(H,17,18)(H,19,20)/t10?,11?,12-,13+/m1/s1. The molecule has 1 fully saturated rings. The van der Waals surface area contributed by atoms with Crippen molar-refractivity contribution < 1.29 is 14.7 Å². The molecule has 5 nitrogen and oxygen atoms in total. The molecule has 2 unspecified atom stereocenters. The molecule has 1 saturated carbocycles. The zero-order valence-corrected chi connectivity index (χ0v) is 10.9. The Balaban J connectivity index is 1.68. The monoisotopic (exact) mass is 272 g/mol. The maximum Gasteiger partial charge on any atom is 0.307 e. The highest BCUT2D eigenvalue weighted by atomic mass is 16.4. The van der Waals surface area contributed by atoms with E-state index in [1.807, 2.05) is 24.3 Å². The molecule has 2 aliphatic carbocycles. The van der Waals surface area contributed by atoms with Crippen molar-refractivity contribution in [1.82, 2.24) is 10.3 Å². The first kappa shape index (κ1) is 12.8. The fraction of sp³-hybridized carbons (Fsp3) is 0.400. The van der Waals surface area contributed by atoms with Gasteiger partial charge in [-0.2, -0.15) is 0 Å². The van der Waals surface area contributed by atoms with Crippen molar-refractivity contribution in [2.75, 3.05) is 0 Å². The summed E-state index contributed by atoms with van der Waals surface area (Å²) in [6.45, 7) is 0.386. The topological polar surface area (TPSA) is 79.3 Å². The normalized spacial score (nSPS) is 30.4. The lowest BCUT2D eigenvalue weighted by Crippen LogP contribution is -2.39. The quantitative estimate of drug-likeness (QED) is 0.808. The van der Waals surface area contributed by atoms with Gasteiger partial charge in [0.2, 0.25) is 5.91 Å². The highest BCUT2D eigenvalue weighted by molar-refractivity contribution is 5.86. The van der Waals surface area contributed by atoms with E-state index in [0.29, 0.717) is 6.54 Å². The largest absolute Gasteiger partial charge is 0.481 e. The van der Waals surface area contributed by atoms with E-state index in [4.69, 9.17) is 0 Å². The highest BCUT2D eigenvalue weighted by Crippen LogP contribution is 2.48. The molecule has 1 aromatic heterocycles. The summed E-state index contributed by atoms with van der Waals surface area (Å²) in [6, 6.07) is 3.68. The number of hydrogen-bond acceptors (Lipinski definition) is 3. The van der Waals surface area contributed by atoms with Crippen LogP contribution in [0.5, 0.6) is 0 Å². The van der Waals surface area contributed by atoms with Crippen LogP contribution in [0.15, 0.2) is 36.7 Å². The van der Waals surface area contributed by atoms with Crippen molar-refractivity contribution in [3.05, 3.63) is 42.2 Å². The SMILES string of the molecule is O=C(NCc1cccnc1)[C@@H]1C2C=CC(C2)[C@@H]1C(=O)O. The number of carboxylic acid groups (broad SMARTS) is 1. The van der Waals surface area contributed by atoms with Crippen LogP contribution in [-0.2, 0) is 16.1 Å². The number of fused-ring (bicyclic) bond motifs is 2. The van der Waals surface area contributed by atoms with Crippen molar-refractivity contribution in [2.24, 2.45) is 23.7 Å². The molecule has 20 heavy (non-hydrogen) atoms. The summed E-state index contributed by atoms with van der Waals surface area (Å²) < 4.78 is 0. The van der Waals surface area contributed by atoms with Gasteiger partial charge in [0.05, 0.1) is 11.8 Å². The van der Waals surface area contributed by atoms with Crippen molar-refractivity contribution in [1.29, 1.82) is 0 Å². The summed E-state index contributed by atoms with van der Waals surface area (Å²) in [7, 11) is 0. The Morgan fingerprint density at radius 1 is 1.30 bits per heavy atom. The molecule has 104 valence electrons. The molecule has 5 heteroatoms. The number of aliphatic carboxylic acids is 1. The van der Waals surface area contributed by atoms with E-state index in [1.165, 1.54) is 0 Å². The maximum atomic E-state index is 12.3. The van der Waals surface area contributed by atoms with Gasteiger partial charge in [0.25, 0.3) is 0 Å². The third kappa shape index (κ3) is 2.19. The fourth-order valence-corrected chi connectivity index (χ4v) is 3.33. The number of hydrogen-bond donors (Lipinski definition) is 2. The van der Waals surface area contributed by atoms with E-state index in [0.717, 1.165) is 12.0 Å². The van der Waals surface area contributed by atoms with Crippen molar-refractivity contribution in [3.8, 4) is 0 Å². The van der Waals surface area contributed by atoms with Crippen molar-refractivity contribution in [2.45, 2.75) is 13.0 Å². The van der Waals surface area contributed by atoms with Crippen LogP contribution in [0, 0.1) is 23.7 Å². The van der Waals surface area contributed by atoms with Crippen LogP contribution >= 0.6 is 0 Å². The molecule has 1 amide bonds. The predicted octanol–water partition coefficient (Wildman–Crippen LogP) is 1.22. The van der Waals surface area contributed by atoms with E-state index in [1.54, 1.807) is 12.4 Å². The van der Waals surface area contributed by atoms with Crippen LogP contribution in [0.25, 0.3) is 0 Å². The van der Waals surface area contributed by atoms with Crippen LogP contribution in [0.2, 0.25) is 0 Å². The lowest BCUT2D eigenvalue weighted by Gasteiger charge is -2.23. The number of pyridine rings is 1. The van der Waals surface area contributed by atoms with Gasteiger partial charge in [0.1, 0.15) is 0 Å². The Bertz CT molecular complexity index is 555. The fourth-order valence-electron chi connectivity index (χ4n) is 3.33. The van der Waals surface area contributed by atoms with Gasteiger partial charge in [-0.15, -0.1) is 0 Å². The number of aromatic nitrogens is 1. The van der Waals surface area contributed by atoms with E-state index in [2.05, 4.69) is 10.3 Å². The van der Waals surface area contributed by atoms with Crippen LogP contribution in [0.3, 0.4) is 0 Å². The second-order valence-corrected chi connectivity index (χ2v) is 5.42. The summed E-state index contributed by atoms with van der Waals surface area (Å²) in [5.41, 5.74) is 0.909. The average Bonchev–Trinajstić information content (AvgIpc) is 3.06. The average molecular weight is 272 g/mol. The lowest BCUT2D eigenvalue weighted by atomic mass is 9.82. The molecule has 1 heterocycles. The van der Waals surface area contributed by atoms with E-state index >= 15 is 0 Å². The van der Waals surface area contributed by atoms with Gasteiger partial charge < -0.3 is 10.4 Å². The Morgan fingerprint density at radius 2 is 2.05 bits per heavy atom. The molecule has 2 bridgehead atoms. The molecule has 0 radical (unpaired) electrons. The zero-order chi connectivity index (χ0) is 14.1. The molecule has 2 N–H and O–H groups in total. The number of allylic oxidation sites excluding steroid dienone is 2. The second-order valence-electron chi connectivity index (χ2n) is 5.42. The van der Waals surface area contributed by atoms with Crippen molar-refractivity contribution >= 4 is 11.9 Å². The minimum absolute atomic E-state index is 0.00615. The molecular weight excluding hydrogens is 256 g/mol. The first-order valence-corrected chi connectivity index (χ1v) is 6.74. The maximum absolute atomic E-state index is 12.3. The van der Waals surface area contributed by atoms with Crippen LogP contribution < -0.4 is 5.32 Å². The first-order chi connectivity index (χ1) is 9.66. The molecule has 2 aliphatic rings. The number of amides is 1. The Hall–Kier alpha value is -2.17. The van der Waals surface area contributed by atoms with Gasteiger partial charge in [-0.05, 0) is 29.9 Å². The second kappa shape index (κ2) is 5.07. The Labute approximate surface area is 116 Å². The minimum Gasteiger partial charge on any atom is -0.481 e. The van der Waals surface area contributed by atoms with E-state index in [9.17, 15) is 14.7 Å². The number of carbonyl (C=O) groups is 2. The minimum atomic E-state index is -0.872. The van der Waals surface area contributed by atoms with Gasteiger partial charge in [0, 0.05) is 18.9 Å². The van der Waals surface area contributed by atoms with Crippen LogP contribution in [-0.4, -0.2) is 22.0 Å². The van der Waals surface area contributed by atoms with Crippen molar-refractivity contribution in [3.63, 3.8) is 0 Å². The number of nitrogens with zero attached hydrogens (tertiary/aromatic N) is 1. The van der Waals surface area contributed by atoms with Crippen LogP contribution in [0.4, 0.5) is 0 Å². The molecule has 0 aromatic carbocycles. The molecule has 3 rings (SSSR count). The molecule has 0 aliphatic heterocycles. The Morgan fingerprint density at radius 3 is 2.70 bits per heavy atom. The molecule has 0 saturated heterocycles. The van der Waals surface area contributed by atoms with E-state index in [-0.39, 0.29) is 17.7 Å². The van der Waals surface area contributed by atoms with Gasteiger partial charge in [-0.3, -0.25) is 14.6 Å². The molecule has 4 atom stereocenters. The molecule has 0 spiro atoms. The third-order valence-corrected chi connectivity index (χ3v) is 4.24. The summed E-state index contributed by atoms with van der Waals surface area (Å²) in [5.74, 6) is -2.00. The predicted molar refractivity (Wildman–Crippen MR) is 71.4 cm³/mol. The number of rotatable bonds is 4. The third-order valence-electron chi connectivity index (χ3n) is 4.24. The highest BCUT2D eigenvalue weighted by Gasteiger charge is 2.51. The molecule has 1 aromatic rings. The smallest absolute Gasteiger partial charge is 0.307 e. The summed E-state index contributed by atoms with van der Waals surface area (Å²) in [4.78, 5) is 27.6. The molecular formula is C15H16N2O3. The van der Waals surface area contributed by atoms with E-state index < -0.39 is 17.8 Å². The summed E-state index contributed by atoms with van der Waals surface area (Å²) >= 11 is 0. The summed E-state index contributed by atoms with van der Waals surface area (Å²) in [6.07, 6.45) is 8.07. The lowest BCUT2D eigenvalue weighted by molar-refractivity contribution is -0.147. The number of carbonyl (C=O) groups excluding carboxylic acids is 1. The number of nitrogens with one attached hydrogen (secondary N) is 1. The van der Waals surface area contributed by atoms with Crippen LogP contribution in [0.1, 0.15) is 12.0 Å². The zero-order valence-electron chi connectivity index (χ0n) is 10.9. The van der Waals surface area contributed by atoms with Gasteiger partial charge in [-0.1, -0.05) is 18.2 Å². The first-order valence-electron chi connectivity index (χ1n) is 6.74. The van der Waals surface area contributed by atoms with Gasteiger partial charge in [0.15, 0.2) is 0 Å². The van der Waals surface area contributed by atoms with Gasteiger partial charge >= 0.3 is 5.97 Å². The Kier molecular flexibility index (Phi) is 3.26.